The number of benzene rings is 1. The van der Waals surface area contributed by atoms with Gasteiger partial charge in [-0.05, 0) is 46.5 Å². The molecule has 0 spiro atoms. The molecule has 8 heteroatoms. The quantitative estimate of drug-likeness (QED) is 0.308. The second-order valence-corrected chi connectivity index (χ2v) is 7.94. The average Bonchev–Trinajstić information content (AvgIpc) is 2.85. The minimum atomic E-state index is -2.16. The Morgan fingerprint density at radius 1 is 1.04 bits per heavy atom. The summed E-state index contributed by atoms with van der Waals surface area (Å²) in [6.45, 7) is 5.25. The van der Waals surface area contributed by atoms with Crippen molar-refractivity contribution < 1.29 is 31.5 Å². The number of fused-ring (bicyclic) bond motifs is 2. The number of rotatable bonds is 2. The molecule has 3 nitrogen and oxygen atoms in total. The summed E-state index contributed by atoms with van der Waals surface area (Å²) in [5.74, 6) is -9.68. The highest BCUT2D eigenvalue weighted by molar-refractivity contribution is 5.70. The van der Waals surface area contributed by atoms with E-state index in [9.17, 15) is 26.7 Å². The summed E-state index contributed by atoms with van der Waals surface area (Å²) in [6.07, 6.45) is 2.45. The SMILES string of the molecule is CC(C)(C)OC(=O)N1C2C=C(Cc3c(F)c(F)c(F)c(F)c3F)CC1CC2. The van der Waals surface area contributed by atoms with Crippen molar-refractivity contribution in [2.24, 2.45) is 0 Å². The molecule has 148 valence electrons. The number of halogens is 5. The number of carbonyl (C=O) groups is 1. The van der Waals surface area contributed by atoms with Crippen LogP contribution < -0.4 is 0 Å². The fraction of sp³-hybridized carbons (Fsp3) is 0.526. The average molecular weight is 389 g/mol. The molecule has 1 amide bonds. The molecular formula is C19H20F5NO2. The standard InChI is InChI=1S/C19H20F5NO2/c1-19(2,3)27-18(26)25-10-4-5-11(25)7-9(6-10)8-12-13(20)15(22)17(24)16(23)14(12)21/h6,10-11H,4-5,7-8H2,1-3H3. The van der Waals surface area contributed by atoms with Gasteiger partial charge in [-0.25, -0.2) is 26.7 Å². The van der Waals surface area contributed by atoms with E-state index in [0.717, 1.165) is 0 Å². The molecule has 27 heavy (non-hydrogen) atoms. The Bertz CT molecular complexity index is 786. The van der Waals surface area contributed by atoms with Crippen LogP contribution in [0.1, 0.15) is 45.6 Å². The second kappa shape index (κ2) is 6.80. The lowest BCUT2D eigenvalue weighted by Gasteiger charge is -2.35. The first-order valence-electron chi connectivity index (χ1n) is 8.70. The summed E-state index contributed by atoms with van der Waals surface area (Å²) in [5.41, 5.74) is -0.955. The van der Waals surface area contributed by atoms with Crippen molar-refractivity contribution in [1.29, 1.82) is 0 Å². The monoisotopic (exact) mass is 389 g/mol. The number of amides is 1. The molecule has 0 aliphatic carbocycles. The molecule has 0 saturated carbocycles. The maximum atomic E-state index is 13.9. The number of hydrogen-bond acceptors (Lipinski definition) is 2. The zero-order chi connectivity index (χ0) is 20.1. The minimum Gasteiger partial charge on any atom is -0.444 e. The fourth-order valence-electron chi connectivity index (χ4n) is 3.68. The molecular weight excluding hydrogens is 369 g/mol. The van der Waals surface area contributed by atoms with Crippen LogP contribution in [0.25, 0.3) is 0 Å². The first-order chi connectivity index (χ1) is 12.5. The van der Waals surface area contributed by atoms with E-state index in [-0.39, 0.29) is 18.5 Å². The van der Waals surface area contributed by atoms with Gasteiger partial charge in [0.15, 0.2) is 23.3 Å². The van der Waals surface area contributed by atoms with Gasteiger partial charge in [-0.2, -0.15) is 0 Å². The zero-order valence-corrected chi connectivity index (χ0v) is 15.2. The molecule has 0 radical (unpaired) electrons. The molecule has 1 fully saturated rings. The van der Waals surface area contributed by atoms with E-state index in [1.54, 1.807) is 31.7 Å². The maximum absolute atomic E-state index is 13.9. The van der Waals surface area contributed by atoms with Gasteiger partial charge in [0.05, 0.1) is 6.04 Å². The molecule has 2 aliphatic heterocycles. The Balaban J connectivity index is 1.84. The predicted octanol–water partition coefficient (Wildman–Crippen LogP) is 5.02. The van der Waals surface area contributed by atoms with Gasteiger partial charge in [0.1, 0.15) is 5.60 Å². The van der Waals surface area contributed by atoms with Crippen LogP contribution >= 0.6 is 0 Å². The Morgan fingerprint density at radius 3 is 2.11 bits per heavy atom. The van der Waals surface area contributed by atoms with E-state index in [1.165, 1.54) is 0 Å². The Morgan fingerprint density at radius 2 is 1.59 bits per heavy atom. The lowest BCUT2D eigenvalue weighted by molar-refractivity contribution is 0.0166. The van der Waals surface area contributed by atoms with E-state index in [4.69, 9.17) is 4.74 Å². The molecule has 0 N–H and O–H groups in total. The van der Waals surface area contributed by atoms with Crippen LogP contribution in [0.5, 0.6) is 0 Å². The van der Waals surface area contributed by atoms with Gasteiger partial charge in [-0.15, -0.1) is 0 Å². The molecule has 2 aliphatic rings. The number of ether oxygens (including phenoxy) is 1. The topological polar surface area (TPSA) is 29.5 Å². The minimum absolute atomic E-state index is 0.217. The third-order valence-electron chi connectivity index (χ3n) is 4.78. The summed E-state index contributed by atoms with van der Waals surface area (Å²) < 4.78 is 73.2. The molecule has 1 aromatic carbocycles. The molecule has 2 heterocycles. The van der Waals surface area contributed by atoms with Gasteiger partial charge >= 0.3 is 6.09 Å². The highest BCUT2D eigenvalue weighted by atomic mass is 19.2. The highest BCUT2D eigenvalue weighted by Crippen LogP contribution is 2.37. The molecule has 2 atom stereocenters. The predicted molar refractivity (Wildman–Crippen MR) is 87.5 cm³/mol. The van der Waals surface area contributed by atoms with Crippen molar-refractivity contribution in [3.05, 3.63) is 46.3 Å². The van der Waals surface area contributed by atoms with E-state index in [0.29, 0.717) is 24.8 Å². The first-order valence-corrected chi connectivity index (χ1v) is 8.70. The van der Waals surface area contributed by atoms with Crippen LogP contribution in [0.15, 0.2) is 11.6 Å². The van der Waals surface area contributed by atoms with Crippen LogP contribution in [0.2, 0.25) is 0 Å². The molecule has 1 aromatic rings. The second-order valence-electron chi connectivity index (χ2n) is 7.94. The van der Waals surface area contributed by atoms with Crippen LogP contribution in [0.4, 0.5) is 26.7 Å². The van der Waals surface area contributed by atoms with Crippen molar-refractivity contribution in [2.45, 2.75) is 64.1 Å². The summed E-state index contributed by atoms with van der Waals surface area (Å²) in [4.78, 5) is 14.0. The van der Waals surface area contributed by atoms with Crippen LogP contribution in [-0.2, 0) is 11.2 Å². The molecule has 2 unspecified atom stereocenters. The van der Waals surface area contributed by atoms with E-state index in [1.807, 2.05) is 0 Å². The first kappa shape index (κ1) is 19.6. The number of nitrogens with zero attached hydrogens (tertiary/aromatic N) is 1. The zero-order valence-electron chi connectivity index (χ0n) is 15.2. The maximum Gasteiger partial charge on any atom is 0.411 e. The largest absolute Gasteiger partial charge is 0.444 e. The van der Waals surface area contributed by atoms with Crippen molar-refractivity contribution in [2.75, 3.05) is 0 Å². The van der Waals surface area contributed by atoms with Gasteiger partial charge < -0.3 is 4.74 Å². The molecule has 1 saturated heterocycles. The van der Waals surface area contributed by atoms with Crippen LogP contribution in [-0.4, -0.2) is 28.7 Å². The van der Waals surface area contributed by atoms with Gasteiger partial charge in [0.2, 0.25) is 5.82 Å². The lowest BCUT2D eigenvalue weighted by atomic mass is 9.94. The van der Waals surface area contributed by atoms with E-state index < -0.39 is 46.3 Å². The van der Waals surface area contributed by atoms with Crippen molar-refractivity contribution in [1.82, 2.24) is 4.90 Å². The van der Waals surface area contributed by atoms with E-state index in [2.05, 4.69) is 0 Å². The summed E-state index contributed by atoms with van der Waals surface area (Å²) in [6, 6.07) is -0.527. The van der Waals surface area contributed by atoms with Crippen LogP contribution in [0.3, 0.4) is 0 Å². The number of hydrogen-bond donors (Lipinski definition) is 0. The normalized spacial score (nSPS) is 22.1. The third kappa shape index (κ3) is 3.66. The van der Waals surface area contributed by atoms with Gasteiger partial charge in [-0.1, -0.05) is 11.6 Å². The van der Waals surface area contributed by atoms with Crippen LogP contribution in [0, 0.1) is 29.1 Å². The Labute approximate surface area is 153 Å². The highest BCUT2D eigenvalue weighted by Gasteiger charge is 2.41. The smallest absolute Gasteiger partial charge is 0.411 e. The third-order valence-corrected chi connectivity index (χ3v) is 4.78. The summed E-state index contributed by atoms with van der Waals surface area (Å²) in [5, 5.41) is 0. The van der Waals surface area contributed by atoms with Crippen molar-refractivity contribution in [3.8, 4) is 0 Å². The lowest BCUT2D eigenvalue weighted by Crippen LogP contribution is -2.45. The van der Waals surface area contributed by atoms with Gasteiger partial charge in [-0.3, -0.25) is 4.90 Å². The Kier molecular flexibility index (Phi) is 4.94. The number of carbonyl (C=O) groups excluding carboxylic acids is 1. The summed E-state index contributed by atoms with van der Waals surface area (Å²) in [7, 11) is 0. The molecule has 2 bridgehead atoms. The van der Waals surface area contributed by atoms with E-state index >= 15 is 0 Å². The molecule has 0 aromatic heterocycles. The summed E-state index contributed by atoms with van der Waals surface area (Å²) >= 11 is 0. The van der Waals surface area contributed by atoms with Crippen molar-refractivity contribution in [3.63, 3.8) is 0 Å². The van der Waals surface area contributed by atoms with Crippen molar-refractivity contribution >= 4 is 6.09 Å². The Hall–Kier alpha value is -2.12. The molecule has 3 rings (SSSR count). The van der Waals surface area contributed by atoms with Gasteiger partial charge in [0.25, 0.3) is 0 Å². The fourth-order valence-corrected chi connectivity index (χ4v) is 3.68. The van der Waals surface area contributed by atoms with Gasteiger partial charge in [0, 0.05) is 11.6 Å².